The van der Waals surface area contributed by atoms with E-state index in [4.69, 9.17) is 0 Å². The summed E-state index contributed by atoms with van der Waals surface area (Å²) in [5.41, 5.74) is -0.166. The van der Waals surface area contributed by atoms with Gasteiger partial charge < -0.3 is 4.90 Å². The molecule has 6 nitrogen and oxygen atoms in total. The van der Waals surface area contributed by atoms with Crippen molar-refractivity contribution >= 4 is 10.2 Å². The number of piperazine rings is 1. The van der Waals surface area contributed by atoms with Gasteiger partial charge in [-0.25, -0.2) is 9.44 Å². The third-order valence-corrected chi connectivity index (χ3v) is 5.02. The molecule has 1 saturated heterocycles. The van der Waals surface area contributed by atoms with Gasteiger partial charge in [0.25, 0.3) is 10.2 Å². The number of likely N-dealkylation sites (N-methyl/N-ethyl adjacent to an activating group) is 1. The molecule has 0 radical (unpaired) electrons. The highest BCUT2D eigenvalue weighted by Crippen LogP contribution is 2.16. The zero-order valence-corrected chi connectivity index (χ0v) is 14.1. The number of hydrogen-bond acceptors (Lipinski definition) is 4. The molecule has 0 saturated carbocycles. The van der Waals surface area contributed by atoms with E-state index in [0.29, 0.717) is 13.1 Å². The Morgan fingerprint density at radius 1 is 1.05 bits per heavy atom. The maximum absolute atomic E-state index is 11.8. The fourth-order valence-corrected chi connectivity index (χ4v) is 3.46. The quantitative estimate of drug-likeness (QED) is 0.674. The molecule has 0 amide bonds. The van der Waals surface area contributed by atoms with Crippen molar-refractivity contribution in [2.75, 3.05) is 45.8 Å². The van der Waals surface area contributed by atoms with Crippen LogP contribution in [0.25, 0.3) is 0 Å². The van der Waals surface area contributed by atoms with Gasteiger partial charge in [0.15, 0.2) is 0 Å². The van der Waals surface area contributed by atoms with E-state index < -0.39 is 10.2 Å². The van der Waals surface area contributed by atoms with Crippen LogP contribution >= 0.6 is 0 Å². The lowest BCUT2D eigenvalue weighted by atomic mass is 10.0. The third-order valence-electron chi connectivity index (χ3n) is 3.91. The Labute approximate surface area is 124 Å². The topological polar surface area (TPSA) is 64.7 Å². The van der Waals surface area contributed by atoms with Crippen molar-refractivity contribution in [3.05, 3.63) is 0 Å². The first-order valence-electron chi connectivity index (χ1n) is 7.52. The van der Waals surface area contributed by atoms with Gasteiger partial charge in [0.2, 0.25) is 0 Å². The molecule has 0 aromatic heterocycles. The van der Waals surface area contributed by atoms with Crippen LogP contribution in [0.1, 0.15) is 34.1 Å². The fraction of sp³-hybridized carbons (Fsp3) is 1.00. The van der Waals surface area contributed by atoms with Crippen LogP contribution in [-0.4, -0.2) is 69.6 Å². The summed E-state index contributed by atoms with van der Waals surface area (Å²) in [7, 11) is -3.37. The molecule has 0 spiro atoms. The van der Waals surface area contributed by atoms with E-state index >= 15 is 0 Å². The minimum absolute atomic E-state index is 0.166. The molecule has 1 aliphatic heterocycles. The molecule has 0 atom stereocenters. The summed E-state index contributed by atoms with van der Waals surface area (Å²) in [6.07, 6.45) is 0.795. The van der Waals surface area contributed by atoms with Crippen molar-refractivity contribution < 1.29 is 8.42 Å². The van der Waals surface area contributed by atoms with Crippen LogP contribution in [0.3, 0.4) is 0 Å². The van der Waals surface area contributed by atoms with E-state index in [9.17, 15) is 8.42 Å². The minimum atomic E-state index is -3.37. The van der Waals surface area contributed by atoms with E-state index in [1.54, 1.807) is 0 Å². The molecule has 2 N–H and O–H groups in total. The molecule has 1 fully saturated rings. The lowest BCUT2D eigenvalue weighted by Crippen LogP contribution is -2.59. The van der Waals surface area contributed by atoms with Gasteiger partial charge in [-0.1, -0.05) is 13.8 Å². The molecule has 0 aromatic carbocycles. The first-order chi connectivity index (χ1) is 9.30. The summed E-state index contributed by atoms with van der Waals surface area (Å²) in [4.78, 5) is 4.78. The van der Waals surface area contributed by atoms with Crippen molar-refractivity contribution in [1.82, 2.24) is 19.2 Å². The summed E-state index contributed by atoms with van der Waals surface area (Å²) < 4.78 is 28.7. The molecule has 0 aromatic rings. The Hall–Kier alpha value is -0.210. The van der Waals surface area contributed by atoms with Crippen LogP contribution in [0.5, 0.6) is 0 Å². The van der Waals surface area contributed by atoms with Crippen molar-refractivity contribution in [3.63, 3.8) is 0 Å². The molecule has 1 heterocycles. The van der Waals surface area contributed by atoms with Crippen molar-refractivity contribution in [2.24, 2.45) is 0 Å². The zero-order chi connectivity index (χ0) is 15.2. The predicted molar refractivity (Wildman–Crippen MR) is 83.0 cm³/mol. The second-order valence-electron chi connectivity index (χ2n) is 5.95. The van der Waals surface area contributed by atoms with Gasteiger partial charge in [0.05, 0.1) is 0 Å². The third kappa shape index (κ3) is 5.65. The monoisotopic (exact) mass is 306 g/mol. The van der Waals surface area contributed by atoms with Crippen LogP contribution < -0.4 is 9.44 Å². The number of rotatable bonds is 8. The van der Waals surface area contributed by atoms with E-state index in [0.717, 1.165) is 39.1 Å². The van der Waals surface area contributed by atoms with E-state index in [-0.39, 0.29) is 5.54 Å². The molecule has 1 rings (SSSR count). The standard InChI is InChI=1S/C13H30N4O2S/c1-5-7-14-20(18,19)15-12-13(3,4)17-10-8-16(6-2)9-11-17/h14-15H,5-12H2,1-4H3. The summed E-state index contributed by atoms with van der Waals surface area (Å²) in [6.45, 7) is 14.4. The molecular formula is C13H30N4O2S. The van der Waals surface area contributed by atoms with Gasteiger partial charge in [-0.2, -0.15) is 8.42 Å². The van der Waals surface area contributed by atoms with Gasteiger partial charge >= 0.3 is 0 Å². The highest BCUT2D eigenvalue weighted by molar-refractivity contribution is 7.87. The molecule has 20 heavy (non-hydrogen) atoms. The zero-order valence-electron chi connectivity index (χ0n) is 13.3. The van der Waals surface area contributed by atoms with Crippen LogP contribution in [0.2, 0.25) is 0 Å². The van der Waals surface area contributed by atoms with Crippen molar-refractivity contribution in [3.8, 4) is 0 Å². The van der Waals surface area contributed by atoms with Crippen molar-refractivity contribution in [1.29, 1.82) is 0 Å². The van der Waals surface area contributed by atoms with Gasteiger partial charge in [0.1, 0.15) is 0 Å². The lowest BCUT2D eigenvalue weighted by molar-refractivity contribution is 0.0571. The molecule has 0 unspecified atom stereocenters. The molecule has 7 heteroatoms. The Kier molecular flexibility index (Phi) is 6.87. The maximum Gasteiger partial charge on any atom is 0.276 e. The SMILES string of the molecule is CCCNS(=O)(=O)NCC(C)(C)N1CCN(CC)CC1. The van der Waals surface area contributed by atoms with Crippen LogP contribution in [0, 0.1) is 0 Å². The molecule has 0 aliphatic carbocycles. The maximum atomic E-state index is 11.8. The smallest absolute Gasteiger partial charge is 0.276 e. The number of nitrogens with zero attached hydrogens (tertiary/aromatic N) is 2. The molecule has 1 aliphatic rings. The van der Waals surface area contributed by atoms with Crippen LogP contribution in [-0.2, 0) is 10.2 Å². The highest BCUT2D eigenvalue weighted by atomic mass is 32.2. The van der Waals surface area contributed by atoms with E-state index in [1.807, 2.05) is 6.92 Å². The summed E-state index contributed by atoms with van der Waals surface area (Å²) >= 11 is 0. The second kappa shape index (κ2) is 7.70. The van der Waals surface area contributed by atoms with Crippen molar-refractivity contribution in [2.45, 2.75) is 39.7 Å². The first-order valence-corrected chi connectivity index (χ1v) is 9.00. The molecular weight excluding hydrogens is 276 g/mol. The van der Waals surface area contributed by atoms with Crippen LogP contribution in [0.15, 0.2) is 0 Å². The van der Waals surface area contributed by atoms with E-state index in [2.05, 4.69) is 40.0 Å². The highest BCUT2D eigenvalue weighted by Gasteiger charge is 2.30. The van der Waals surface area contributed by atoms with Crippen LogP contribution in [0.4, 0.5) is 0 Å². The Balaban J connectivity index is 2.45. The number of nitrogens with one attached hydrogen (secondary N) is 2. The Morgan fingerprint density at radius 2 is 1.65 bits per heavy atom. The Morgan fingerprint density at radius 3 is 2.15 bits per heavy atom. The fourth-order valence-electron chi connectivity index (χ4n) is 2.34. The van der Waals surface area contributed by atoms with Gasteiger partial charge in [0, 0.05) is 44.8 Å². The van der Waals surface area contributed by atoms with Gasteiger partial charge in [-0.05, 0) is 26.8 Å². The van der Waals surface area contributed by atoms with Gasteiger partial charge in [-0.15, -0.1) is 0 Å². The van der Waals surface area contributed by atoms with E-state index in [1.165, 1.54) is 0 Å². The second-order valence-corrected chi connectivity index (χ2v) is 7.54. The summed E-state index contributed by atoms with van der Waals surface area (Å²) in [6, 6.07) is 0. The molecule has 120 valence electrons. The average Bonchev–Trinajstić information content (AvgIpc) is 2.43. The number of hydrogen-bond donors (Lipinski definition) is 2. The largest absolute Gasteiger partial charge is 0.301 e. The van der Waals surface area contributed by atoms with Gasteiger partial charge in [-0.3, -0.25) is 4.90 Å². The summed E-state index contributed by atoms with van der Waals surface area (Å²) in [5.74, 6) is 0. The predicted octanol–water partition coefficient (Wildman–Crippen LogP) is 0.237. The minimum Gasteiger partial charge on any atom is -0.301 e. The molecule has 0 bridgehead atoms. The normalized spacial score (nSPS) is 19.4. The Bertz CT molecular complexity index is 376. The summed E-state index contributed by atoms with van der Waals surface area (Å²) in [5, 5.41) is 0. The lowest BCUT2D eigenvalue weighted by Gasteiger charge is -2.44. The average molecular weight is 306 g/mol. The first kappa shape index (κ1) is 17.8.